The number of benzene rings is 3. The summed E-state index contributed by atoms with van der Waals surface area (Å²) >= 11 is 0. The van der Waals surface area contributed by atoms with Crippen molar-refractivity contribution in [3.05, 3.63) is 177 Å². The second-order valence-electron chi connectivity index (χ2n) is 9.20. The Hall–Kier alpha value is -5.58. The Bertz CT molecular complexity index is 1790. The van der Waals surface area contributed by atoms with E-state index in [1.807, 2.05) is 60.7 Å². The molecule has 0 aliphatic carbocycles. The predicted octanol–water partition coefficient (Wildman–Crippen LogP) is 2.57. The van der Waals surface area contributed by atoms with Crippen molar-refractivity contribution >= 4 is 5.69 Å². The summed E-state index contributed by atoms with van der Waals surface area (Å²) in [6.45, 7) is 0.306. The lowest BCUT2D eigenvalue weighted by Crippen LogP contribution is -2.37. The molecule has 0 radical (unpaired) electrons. The zero-order valence-corrected chi connectivity index (χ0v) is 21.0. The van der Waals surface area contributed by atoms with Crippen LogP contribution in [0.25, 0.3) is 0 Å². The molecule has 5 aromatic rings. The summed E-state index contributed by atoms with van der Waals surface area (Å²) in [5.74, 6) is -1.06. The van der Waals surface area contributed by atoms with Gasteiger partial charge in [0.2, 0.25) is 0 Å². The minimum atomic E-state index is -1.06. The van der Waals surface area contributed by atoms with Crippen LogP contribution in [0.2, 0.25) is 0 Å². The van der Waals surface area contributed by atoms with Crippen molar-refractivity contribution in [2.75, 3.05) is 0 Å². The third-order valence-electron chi connectivity index (χ3n) is 6.53. The van der Waals surface area contributed by atoms with Crippen LogP contribution in [0.1, 0.15) is 33.7 Å². The van der Waals surface area contributed by atoms with E-state index in [0.717, 1.165) is 11.1 Å². The summed E-state index contributed by atoms with van der Waals surface area (Å²) in [5.41, 5.74) is -0.779. The molecule has 0 amide bonds. The first kappa shape index (κ1) is 26.0. The van der Waals surface area contributed by atoms with Gasteiger partial charge in [-0.1, -0.05) is 72.8 Å². The van der Waals surface area contributed by atoms with Crippen LogP contribution in [-0.2, 0) is 13.1 Å². The molecule has 0 fully saturated rings. The van der Waals surface area contributed by atoms with Crippen molar-refractivity contribution < 1.29 is 4.92 Å². The van der Waals surface area contributed by atoms with Gasteiger partial charge in [-0.15, -0.1) is 0 Å². The van der Waals surface area contributed by atoms with E-state index in [-0.39, 0.29) is 29.9 Å². The lowest BCUT2D eigenvalue weighted by Gasteiger charge is -2.19. The van der Waals surface area contributed by atoms with Gasteiger partial charge in [0.25, 0.3) is 16.8 Å². The Kier molecular flexibility index (Phi) is 7.18. The molecule has 0 unspecified atom stereocenters. The number of hydrogen-bond donors (Lipinski definition) is 2. The van der Waals surface area contributed by atoms with Gasteiger partial charge in [0.1, 0.15) is 0 Å². The summed E-state index contributed by atoms with van der Waals surface area (Å²) < 4.78 is 2.64. The highest BCUT2D eigenvalue weighted by molar-refractivity contribution is 5.43. The Labute approximate surface area is 225 Å². The van der Waals surface area contributed by atoms with Gasteiger partial charge in [0.05, 0.1) is 18.0 Å². The van der Waals surface area contributed by atoms with Crippen LogP contribution in [0.3, 0.4) is 0 Å². The normalized spacial score (nSPS) is 11.0. The molecule has 40 heavy (non-hydrogen) atoms. The number of non-ortho nitro benzene ring substituents is 1. The molecular weight excluding hydrogens is 514 g/mol. The van der Waals surface area contributed by atoms with Gasteiger partial charge in [0.15, 0.2) is 0 Å². The van der Waals surface area contributed by atoms with Crippen molar-refractivity contribution in [2.45, 2.75) is 19.0 Å². The van der Waals surface area contributed by atoms with E-state index in [1.165, 1.54) is 45.8 Å². The van der Waals surface area contributed by atoms with Crippen LogP contribution in [0.4, 0.5) is 5.69 Å². The van der Waals surface area contributed by atoms with Crippen molar-refractivity contribution in [1.82, 2.24) is 19.1 Å². The molecule has 0 bridgehead atoms. The summed E-state index contributed by atoms with van der Waals surface area (Å²) in [6, 6.07) is 23.7. The van der Waals surface area contributed by atoms with Crippen LogP contribution in [0, 0.1) is 10.1 Å². The average Bonchev–Trinajstić information content (AvgIpc) is 2.95. The number of hydrogen-bond acceptors (Lipinski definition) is 6. The van der Waals surface area contributed by atoms with Crippen LogP contribution in [0.15, 0.2) is 117 Å². The maximum absolute atomic E-state index is 13.2. The van der Waals surface area contributed by atoms with Gasteiger partial charge in [-0.05, 0) is 16.7 Å². The van der Waals surface area contributed by atoms with E-state index in [1.54, 1.807) is 0 Å². The van der Waals surface area contributed by atoms with E-state index in [4.69, 9.17) is 0 Å². The van der Waals surface area contributed by atoms with Crippen LogP contribution >= 0.6 is 0 Å². The number of nitrogens with one attached hydrogen (secondary N) is 2. The molecular formula is C29H23N5O6. The Morgan fingerprint density at radius 1 is 0.650 bits per heavy atom. The SMILES string of the molecule is O=c1[nH]c(=O)n(Cc2ccccc2)cc1C(c1ccc([N+](=O)[O-])cc1)c1cn(Cc2ccccc2)c(=O)[nH]c1=O. The number of H-pyrrole nitrogens is 2. The molecule has 0 aliphatic rings. The largest absolute Gasteiger partial charge is 0.328 e. The van der Waals surface area contributed by atoms with Gasteiger partial charge in [-0.25, -0.2) is 9.59 Å². The van der Waals surface area contributed by atoms with Gasteiger partial charge >= 0.3 is 11.4 Å². The quantitative estimate of drug-likeness (QED) is 0.229. The highest BCUT2D eigenvalue weighted by atomic mass is 16.6. The maximum atomic E-state index is 13.2. The second kappa shape index (κ2) is 11.0. The van der Waals surface area contributed by atoms with Crippen LogP contribution in [0.5, 0.6) is 0 Å². The van der Waals surface area contributed by atoms with Crippen LogP contribution < -0.4 is 22.5 Å². The monoisotopic (exact) mass is 537 g/mol. The van der Waals surface area contributed by atoms with Gasteiger partial charge in [-0.3, -0.25) is 38.8 Å². The number of nitro groups is 1. The minimum absolute atomic E-state index is 0.0554. The number of aromatic amines is 2. The molecule has 0 aliphatic heterocycles. The molecule has 2 heterocycles. The summed E-state index contributed by atoms with van der Waals surface area (Å²) in [5, 5.41) is 11.3. The minimum Gasteiger partial charge on any atom is -0.296 e. The average molecular weight is 538 g/mol. The third kappa shape index (κ3) is 5.48. The van der Waals surface area contributed by atoms with Gasteiger partial charge < -0.3 is 0 Å². The van der Waals surface area contributed by atoms with E-state index < -0.39 is 33.3 Å². The Morgan fingerprint density at radius 2 is 1.07 bits per heavy atom. The van der Waals surface area contributed by atoms with Gasteiger partial charge in [0, 0.05) is 41.6 Å². The molecule has 11 heteroatoms. The Balaban J connectivity index is 1.70. The van der Waals surface area contributed by atoms with E-state index >= 15 is 0 Å². The topological polar surface area (TPSA) is 153 Å². The van der Waals surface area contributed by atoms with E-state index in [2.05, 4.69) is 9.97 Å². The number of nitrogens with zero attached hydrogens (tertiary/aromatic N) is 3. The zero-order valence-electron chi connectivity index (χ0n) is 21.0. The zero-order chi connectivity index (χ0) is 28.2. The van der Waals surface area contributed by atoms with Crippen LogP contribution in [-0.4, -0.2) is 24.0 Å². The van der Waals surface area contributed by atoms with E-state index in [0.29, 0.717) is 5.56 Å². The maximum Gasteiger partial charge on any atom is 0.328 e. The first-order valence-corrected chi connectivity index (χ1v) is 12.3. The standard InChI is InChI=1S/C29H23N5O6/c35-26-23(17-32(28(37)30-26)15-19-7-3-1-4-8-19)25(21-11-13-22(14-12-21)34(39)40)24-18-33(29(38)31-27(24)36)16-20-9-5-2-6-10-20/h1-14,17-18,25H,15-16H2,(H,30,35,37)(H,31,36,38). The highest BCUT2D eigenvalue weighted by Crippen LogP contribution is 2.29. The molecule has 0 spiro atoms. The molecule has 200 valence electrons. The first-order valence-electron chi connectivity index (χ1n) is 12.3. The van der Waals surface area contributed by atoms with Crippen molar-refractivity contribution in [3.63, 3.8) is 0 Å². The lowest BCUT2D eigenvalue weighted by atomic mass is 9.87. The molecule has 0 atom stereocenters. The molecule has 0 saturated carbocycles. The van der Waals surface area contributed by atoms with Crippen molar-refractivity contribution in [2.24, 2.45) is 0 Å². The fraction of sp³-hybridized carbons (Fsp3) is 0.103. The highest BCUT2D eigenvalue weighted by Gasteiger charge is 2.26. The van der Waals surface area contributed by atoms with E-state index in [9.17, 15) is 29.3 Å². The molecule has 3 aromatic carbocycles. The number of nitro benzene ring substituents is 1. The first-order chi connectivity index (χ1) is 19.3. The van der Waals surface area contributed by atoms with Crippen molar-refractivity contribution in [3.8, 4) is 0 Å². The smallest absolute Gasteiger partial charge is 0.296 e. The number of aromatic nitrogens is 4. The summed E-state index contributed by atoms with van der Waals surface area (Å²) in [4.78, 5) is 67.2. The lowest BCUT2D eigenvalue weighted by molar-refractivity contribution is -0.384. The summed E-state index contributed by atoms with van der Waals surface area (Å²) in [7, 11) is 0. The summed E-state index contributed by atoms with van der Waals surface area (Å²) in [6.07, 6.45) is 2.76. The fourth-order valence-corrected chi connectivity index (χ4v) is 4.57. The molecule has 2 N–H and O–H groups in total. The fourth-order valence-electron chi connectivity index (χ4n) is 4.57. The Morgan fingerprint density at radius 3 is 1.48 bits per heavy atom. The third-order valence-corrected chi connectivity index (χ3v) is 6.53. The molecule has 5 rings (SSSR count). The van der Waals surface area contributed by atoms with Crippen molar-refractivity contribution in [1.29, 1.82) is 0 Å². The molecule has 2 aromatic heterocycles. The number of rotatable bonds is 8. The van der Waals surface area contributed by atoms with Gasteiger partial charge in [-0.2, -0.15) is 0 Å². The predicted molar refractivity (Wildman–Crippen MR) is 148 cm³/mol. The molecule has 0 saturated heterocycles. The second-order valence-corrected chi connectivity index (χ2v) is 9.20. The molecule has 11 nitrogen and oxygen atoms in total.